The molecule has 0 saturated carbocycles. The van der Waals surface area contributed by atoms with E-state index in [1.165, 1.54) is 38.1 Å². The molecule has 0 aliphatic rings. The highest BCUT2D eigenvalue weighted by molar-refractivity contribution is 7.92. The van der Waals surface area contributed by atoms with Gasteiger partial charge < -0.3 is 9.15 Å². The zero-order chi connectivity index (χ0) is 21.1. The van der Waals surface area contributed by atoms with E-state index in [0.717, 1.165) is 6.26 Å². The van der Waals surface area contributed by atoms with Crippen molar-refractivity contribution < 1.29 is 32.0 Å². The van der Waals surface area contributed by atoms with Gasteiger partial charge in [0.2, 0.25) is 15.9 Å². The largest absolute Gasteiger partial charge is 0.462 e. The number of hydrogen-bond acceptors (Lipinski definition) is 7. The molecule has 0 radical (unpaired) electrons. The van der Waals surface area contributed by atoms with Crippen LogP contribution < -0.4 is 10.0 Å². The molecule has 2 rings (SSSR count). The Balaban J connectivity index is 2.32. The fourth-order valence-electron chi connectivity index (χ4n) is 2.53. The van der Waals surface area contributed by atoms with E-state index in [0.29, 0.717) is 5.69 Å². The smallest absolute Gasteiger partial charge is 0.344 e. The maximum absolute atomic E-state index is 12.5. The van der Waals surface area contributed by atoms with Crippen LogP contribution in [-0.2, 0) is 14.8 Å². The number of furan rings is 1. The summed E-state index contributed by atoms with van der Waals surface area (Å²) in [7, 11) is -3.44. The standard InChI is InChI=1S/C18H20N2O7S/c1-5-26-18(23)15-14(10(2)21)11(3)27-17(15)19-16(22)12-6-8-13(9-7-12)20-28(4,24)25/h6-9,20H,5H2,1-4H3,(H,19,22). The van der Waals surface area contributed by atoms with Gasteiger partial charge in [-0.2, -0.15) is 0 Å². The van der Waals surface area contributed by atoms with Crippen LogP contribution >= 0.6 is 0 Å². The summed E-state index contributed by atoms with van der Waals surface area (Å²) in [5.74, 6) is -1.81. The molecule has 0 saturated heterocycles. The van der Waals surface area contributed by atoms with Gasteiger partial charge in [-0.15, -0.1) is 0 Å². The highest BCUT2D eigenvalue weighted by atomic mass is 32.2. The van der Waals surface area contributed by atoms with Gasteiger partial charge >= 0.3 is 5.97 Å². The number of esters is 1. The molecule has 0 aliphatic carbocycles. The van der Waals surface area contributed by atoms with E-state index in [-0.39, 0.29) is 34.9 Å². The number of ketones is 1. The highest BCUT2D eigenvalue weighted by Gasteiger charge is 2.28. The molecule has 0 aliphatic heterocycles. The van der Waals surface area contributed by atoms with E-state index in [1.807, 2.05) is 0 Å². The van der Waals surface area contributed by atoms with Gasteiger partial charge in [-0.1, -0.05) is 0 Å². The van der Waals surface area contributed by atoms with Crippen molar-refractivity contribution in [1.82, 2.24) is 0 Å². The molecule has 2 aromatic rings. The Morgan fingerprint density at radius 3 is 2.21 bits per heavy atom. The number of Topliss-reactive ketones (excluding diaryl/α,β-unsaturated/α-hetero) is 1. The van der Waals surface area contributed by atoms with Gasteiger partial charge in [-0.3, -0.25) is 19.6 Å². The molecule has 10 heteroatoms. The quantitative estimate of drug-likeness (QED) is 0.531. The van der Waals surface area contributed by atoms with Gasteiger partial charge in [0.15, 0.2) is 5.78 Å². The monoisotopic (exact) mass is 408 g/mol. The van der Waals surface area contributed by atoms with E-state index in [4.69, 9.17) is 9.15 Å². The Morgan fingerprint density at radius 1 is 1.11 bits per heavy atom. The average Bonchev–Trinajstić information content (AvgIpc) is 2.90. The van der Waals surface area contributed by atoms with Crippen LogP contribution in [0.2, 0.25) is 0 Å². The second-order valence-electron chi connectivity index (χ2n) is 5.92. The first-order chi connectivity index (χ1) is 13.0. The third-order valence-corrected chi connectivity index (χ3v) is 4.20. The normalized spacial score (nSPS) is 11.0. The number of hydrogen-bond donors (Lipinski definition) is 2. The Hall–Kier alpha value is -3.14. The van der Waals surface area contributed by atoms with Gasteiger partial charge in [0, 0.05) is 11.3 Å². The summed E-state index contributed by atoms with van der Waals surface area (Å²) < 4.78 is 35.1. The van der Waals surface area contributed by atoms with Crippen molar-refractivity contribution in [2.75, 3.05) is 22.9 Å². The van der Waals surface area contributed by atoms with Crippen molar-refractivity contribution in [2.45, 2.75) is 20.8 Å². The summed E-state index contributed by atoms with van der Waals surface area (Å²) in [6, 6.07) is 5.62. The number of anilines is 2. The lowest BCUT2D eigenvalue weighted by molar-refractivity contribution is 0.0524. The lowest BCUT2D eigenvalue weighted by Crippen LogP contribution is -2.16. The number of benzene rings is 1. The molecule has 1 aromatic carbocycles. The maximum atomic E-state index is 12.5. The van der Waals surface area contributed by atoms with Crippen molar-refractivity contribution in [3.63, 3.8) is 0 Å². The van der Waals surface area contributed by atoms with Crippen LogP contribution in [0.5, 0.6) is 0 Å². The molecule has 0 bridgehead atoms. The number of carbonyl (C=O) groups excluding carboxylic acids is 3. The molecular weight excluding hydrogens is 388 g/mol. The van der Waals surface area contributed by atoms with Crippen LogP contribution in [0.1, 0.15) is 50.7 Å². The minimum atomic E-state index is -3.44. The van der Waals surface area contributed by atoms with Crippen molar-refractivity contribution in [1.29, 1.82) is 0 Å². The number of ether oxygens (including phenoxy) is 1. The van der Waals surface area contributed by atoms with Gasteiger partial charge in [0.05, 0.1) is 18.4 Å². The highest BCUT2D eigenvalue weighted by Crippen LogP contribution is 2.29. The Morgan fingerprint density at radius 2 is 1.71 bits per heavy atom. The predicted molar refractivity (Wildman–Crippen MR) is 102 cm³/mol. The minimum Gasteiger partial charge on any atom is -0.462 e. The zero-order valence-corrected chi connectivity index (χ0v) is 16.6. The molecule has 1 aromatic heterocycles. The molecule has 0 atom stereocenters. The van der Waals surface area contributed by atoms with Crippen LogP contribution in [0.25, 0.3) is 0 Å². The van der Waals surface area contributed by atoms with E-state index >= 15 is 0 Å². The van der Waals surface area contributed by atoms with E-state index in [9.17, 15) is 22.8 Å². The van der Waals surface area contributed by atoms with Gasteiger partial charge in [0.25, 0.3) is 5.91 Å². The van der Waals surface area contributed by atoms with Crippen LogP contribution in [0.4, 0.5) is 11.6 Å². The van der Waals surface area contributed by atoms with Crippen molar-refractivity contribution in [2.24, 2.45) is 0 Å². The Labute approximate surface area is 162 Å². The third kappa shape index (κ3) is 4.97. The van der Waals surface area contributed by atoms with E-state index in [1.54, 1.807) is 6.92 Å². The molecule has 0 unspecified atom stereocenters. The first-order valence-corrected chi connectivity index (χ1v) is 10.1. The van der Waals surface area contributed by atoms with Crippen molar-refractivity contribution in [3.8, 4) is 0 Å². The lowest BCUT2D eigenvalue weighted by atomic mass is 10.1. The van der Waals surface area contributed by atoms with Crippen LogP contribution in [0.3, 0.4) is 0 Å². The second-order valence-corrected chi connectivity index (χ2v) is 7.67. The lowest BCUT2D eigenvalue weighted by Gasteiger charge is -2.07. The number of amides is 1. The Bertz CT molecular complexity index is 1020. The molecular formula is C18H20N2O7S. The molecule has 28 heavy (non-hydrogen) atoms. The molecule has 1 amide bonds. The van der Waals surface area contributed by atoms with E-state index < -0.39 is 27.7 Å². The average molecular weight is 408 g/mol. The SMILES string of the molecule is CCOC(=O)c1c(NC(=O)c2ccc(NS(C)(=O)=O)cc2)oc(C)c1C(C)=O. The Kier molecular flexibility index (Phi) is 6.24. The molecule has 0 fully saturated rings. The molecule has 2 N–H and O–H groups in total. The maximum Gasteiger partial charge on any atom is 0.344 e. The van der Waals surface area contributed by atoms with Gasteiger partial charge in [-0.05, 0) is 45.0 Å². The summed E-state index contributed by atoms with van der Waals surface area (Å²) in [5, 5.41) is 2.45. The summed E-state index contributed by atoms with van der Waals surface area (Å²) in [6.45, 7) is 4.48. The van der Waals surface area contributed by atoms with Crippen LogP contribution in [0.15, 0.2) is 28.7 Å². The number of sulfonamides is 1. The summed E-state index contributed by atoms with van der Waals surface area (Å²) >= 11 is 0. The number of aryl methyl sites for hydroxylation is 1. The fraction of sp³-hybridized carbons (Fsp3) is 0.278. The zero-order valence-electron chi connectivity index (χ0n) is 15.8. The summed E-state index contributed by atoms with van der Waals surface area (Å²) in [5.41, 5.74) is 0.378. The second kappa shape index (κ2) is 8.26. The van der Waals surface area contributed by atoms with Crippen molar-refractivity contribution in [3.05, 3.63) is 46.7 Å². The molecule has 1 heterocycles. The van der Waals surface area contributed by atoms with Crippen molar-refractivity contribution >= 4 is 39.3 Å². The van der Waals surface area contributed by atoms with Crippen LogP contribution in [0, 0.1) is 6.92 Å². The van der Waals surface area contributed by atoms with Gasteiger partial charge in [0.1, 0.15) is 11.3 Å². The molecule has 150 valence electrons. The number of nitrogens with one attached hydrogen (secondary N) is 2. The first-order valence-electron chi connectivity index (χ1n) is 8.24. The summed E-state index contributed by atoms with van der Waals surface area (Å²) in [6.07, 6.45) is 1.01. The van der Waals surface area contributed by atoms with E-state index in [2.05, 4.69) is 10.0 Å². The summed E-state index contributed by atoms with van der Waals surface area (Å²) in [4.78, 5) is 36.6. The van der Waals surface area contributed by atoms with Crippen LogP contribution in [-0.4, -0.2) is 38.9 Å². The third-order valence-electron chi connectivity index (χ3n) is 3.59. The topological polar surface area (TPSA) is 132 Å². The number of rotatable bonds is 7. The first kappa shape index (κ1) is 21.2. The number of carbonyl (C=O) groups is 3. The molecule has 0 spiro atoms. The minimum absolute atomic E-state index is 0.0430. The van der Waals surface area contributed by atoms with Gasteiger partial charge in [-0.25, -0.2) is 13.2 Å². The molecule has 9 nitrogen and oxygen atoms in total. The fourth-order valence-corrected chi connectivity index (χ4v) is 3.10. The predicted octanol–water partition coefficient (Wildman–Crippen LogP) is 2.59.